The van der Waals surface area contributed by atoms with Gasteiger partial charge in [-0.15, -0.1) is 0 Å². The van der Waals surface area contributed by atoms with E-state index in [4.69, 9.17) is 27.9 Å². The van der Waals surface area contributed by atoms with Gasteiger partial charge in [0.2, 0.25) is 0 Å². The number of halogens is 2. The van der Waals surface area contributed by atoms with E-state index in [1.54, 1.807) is 25.3 Å². The Balaban J connectivity index is 1.70. The first-order valence-electron chi connectivity index (χ1n) is 7.53. The first-order valence-corrected chi connectivity index (χ1v) is 8.28. The van der Waals surface area contributed by atoms with E-state index in [2.05, 4.69) is 15.4 Å². The Morgan fingerprint density at radius 3 is 2.84 bits per heavy atom. The molecule has 2 aromatic carbocycles. The molecule has 0 aliphatic heterocycles. The van der Waals surface area contributed by atoms with Crippen LogP contribution in [0.25, 0.3) is 0 Å². The average molecular weight is 379 g/mol. The third-order valence-electron chi connectivity index (χ3n) is 3.59. The molecule has 0 unspecified atom stereocenters. The fourth-order valence-corrected chi connectivity index (χ4v) is 2.79. The number of methoxy groups -OCH3 is 1. The van der Waals surface area contributed by atoms with Crippen molar-refractivity contribution >= 4 is 28.9 Å². The van der Waals surface area contributed by atoms with E-state index in [9.17, 15) is 4.79 Å². The minimum atomic E-state index is -0.298. The highest BCUT2D eigenvalue weighted by Gasteiger charge is 2.08. The van der Waals surface area contributed by atoms with Crippen LogP contribution in [0.15, 0.2) is 47.3 Å². The molecule has 3 aromatic rings. The molecule has 0 spiro atoms. The topological polar surface area (TPSA) is 71.9 Å². The highest BCUT2D eigenvalue weighted by atomic mass is 35.5. The van der Waals surface area contributed by atoms with Gasteiger partial charge >= 0.3 is 5.69 Å². The van der Waals surface area contributed by atoms with Gasteiger partial charge in [0.05, 0.1) is 20.2 Å². The Morgan fingerprint density at radius 2 is 2.08 bits per heavy atom. The van der Waals surface area contributed by atoms with Crippen LogP contribution in [0, 0.1) is 0 Å². The quantitative estimate of drug-likeness (QED) is 0.687. The summed E-state index contributed by atoms with van der Waals surface area (Å²) in [5.74, 6) is 1.28. The van der Waals surface area contributed by atoms with Crippen LogP contribution in [0.2, 0.25) is 10.0 Å². The summed E-state index contributed by atoms with van der Waals surface area (Å²) in [4.78, 5) is 14.8. The summed E-state index contributed by atoms with van der Waals surface area (Å²) >= 11 is 12.0. The van der Waals surface area contributed by atoms with Crippen LogP contribution < -0.4 is 15.7 Å². The second-order valence-corrected chi connectivity index (χ2v) is 6.20. The van der Waals surface area contributed by atoms with Crippen molar-refractivity contribution in [2.24, 2.45) is 0 Å². The van der Waals surface area contributed by atoms with E-state index in [1.807, 2.05) is 24.3 Å². The van der Waals surface area contributed by atoms with Crippen molar-refractivity contribution in [2.45, 2.75) is 13.1 Å². The van der Waals surface area contributed by atoms with Crippen molar-refractivity contribution in [1.82, 2.24) is 14.8 Å². The number of hydrogen-bond acceptors (Lipinski definition) is 4. The smallest absolute Gasteiger partial charge is 0.343 e. The Kier molecular flexibility index (Phi) is 5.31. The maximum atomic E-state index is 12.1. The summed E-state index contributed by atoms with van der Waals surface area (Å²) in [6, 6.07) is 12.7. The molecule has 2 N–H and O–H groups in total. The molecule has 1 heterocycles. The Morgan fingerprint density at radius 1 is 1.24 bits per heavy atom. The maximum Gasteiger partial charge on any atom is 0.343 e. The fraction of sp³-hybridized carbons (Fsp3) is 0.176. The van der Waals surface area contributed by atoms with Crippen LogP contribution in [-0.4, -0.2) is 21.9 Å². The second-order valence-electron chi connectivity index (χ2n) is 5.36. The van der Waals surface area contributed by atoms with Crippen LogP contribution in [0.3, 0.4) is 0 Å². The third-order valence-corrected chi connectivity index (χ3v) is 4.18. The van der Waals surface area contributed by atoms with Gasteiger partial charge < -0.3 is 10.1 Å². The normalized spacial score (nSPS) is 10.7. The standard InChI is InChI=1S/C17H16Cl2N4O2/c1-25-14-4-2-3-13(8-14)20-9-16-21-17(24)23(22-16)10-11-5-6-12(18)7-15(11)19/h2-8,20H,9-10H2,1H3,(H,21,22,24). The lowest BCUT2D eigenvalue weighted by Crippen LogP contribution is -2.18. The monoisotopic (exact) mass is 378 g/mol. The van der Waals surface area contributed by atoms with E-state index in [1.165, 1.54) is 4.68 Å². The van der Waals surface area contributed by atoms with Gasteiger partial charge in [-0.2, -0.15) is 5.10 Å². The summed E-state index contributed by atoms with van der Waals surface area (Å²) in [7, 11) is 1.61. The highest BCUT2D eigenvalue weighted by Crippen LogP contribution is 2.21. The molecule has 25 heavy (non-hydrogen) atoms. The van der Waals surface area contributed by atoms with Gasteiger partial charge in [-0.05, 0) is 29.8 Å². The number of anilines is 1. The zero-order chi connectivity index (χ0) is 17.8. The number of rotatable bonds is 6. The number of nitrogens with zero attached hydrogens (tertiary/aromatic N) is 2. The SMILES string of the molecule is COc1cccc(NCc2nn(Cc3ccc(Cl)cc3Cl)c(=O)[nH]2)c1. The van der Waals surface area contributed by atoms with Crippen molar-refractivity contribution in [3.8, 4) is 5.75 Å². The number of aromatic amines is 1. The van der Waals surface area contributed by atoms with Crippen LogP contribution in [0.5, 0.6) is 5.75 Å². The number of H-pyrrole nitrogens is 1. The zero-order valence-corrected chi connectivity index (χ0v) is 14.9. The van der Waals surface area contributed by atoms with Crippen molar-refractivity contribution in [3.05, 3.63) is 74.4 Å². The van der Waals surface area contributed by atoms with Gasteiger partial charge in [0.15, 0.2) is 0 Å². The molecular weight excluding hydrogens is 363 g/mol. The summed E-state index contributed by atoms with van der Waals surface area (Å²) in [5, 5.41) is 8.53. The van der Waals surface area contributed by atoms with E-state index in [0.717, 1.165) is 17.0 Å². The Labute approximate surface area is 154 Å². The van der Waals surface area contributed by atoms with Crippen molar-refractivity contribution in [3.63, 3.8) is 0 Å². The molecule has 0 saturated carbocycles. The molecule has 0 fully saturated rings. The maximum absolute atomic E-state index is 12.1. The predicted octanol–water partition coefficient (Wildman–Crippen LogP) is 3.55. The Bertz CT molecular complexity index is 936. The van der Waals surface area contributed by atoms with Gasteiger partial charge in [0.25, 0.3) is 0 Å². The number of ether oxygens (including phenoxy) is 1. The van der Waals surface area contributed by atoms with Crippen molar-refractivity contribution in [2.75, 3.05) is 12.4 Å². The molecule has 6 nitrogen and oxygen atoms in total. The van der Waals surface area contributed by atoms with E-state index in [-0.39, 0.29) is 12.2 Å². The predicted molar refractivity (Wildman–Crippen MR) is 98.7 cm³/mol. The average Bonchev–Trinajstić information content (AvgIpc) is 2.95. The van der Waals surface area contributed by atoms with E-state index in [0.29, 0.717) is 22.4 Å². The summed E-state index contributed by atoms with van der Waals surface area (Å²) in [6.45, 7) is 0.647. The lowest BCUT2D eigenvalue weighted by molar-refractivity contribution is 0.415. The minimum Gasteiger partial charge on any atom is -0.497 e. The van der Waals surface area contributed by atoms with Crippen LogP contribution in [-0.2, 0) is 13.1 Å². The number of aromatic nitrogens is 3. The minimum absolute atomic E-state index is 0.268. The molecule has 0 aliphatic rings. The first kappa shape index (κ1) is 17.4. The first-order chi connectivity index (χ1) is 12.0. The van der Waals surface area contributed by atoms with Crippen molar-refractivity contribution < 1.29 is 4.74 Å². The second kappa shape index (κ2) is 7.63. The molecule has 0 bridgehead atoms. The molecular formula is C17H16Cl2N4O2. The third kappa shape index (κ3) is 4.35. The highest BCUT2D eigenvalue weighted by molar-refractivity contribution is 6.35. The van der Waals surface area contributed by atoms with Gasteiger partial charge in [0.1, 0.15) is 11.6 Å². The molecule has 0 amide bonds. The molecule has 0 aliphatic carbocycles. The fourth-order valence-electron chi connectivity index (χ4n) is 2.32. The van der Waals surface area contributed by atoms with Crippen LogP contribution in [0.4, 0.5) is 5.69 Å². The van der Waals surface area contributed by atoms with Crippen molar-refractivity contribution in [1.29, 1.82) is 0 Å². The number of nitrogens with one attached hydrogen (secondary N) is 2. The van der Waals surface area contributed by atoms with E-state index < -0.39 is 0 Å². The lowest BCUT2D eigenvalue weighted by Gasteiger charge is -2.06. The summed E-state index contributed by atoms with van der Waals surface area (Å²) in [6.07, 6.45) is 0. The van der Waals surface area contributed by atoms with E-state index >= 15 is 0 Å². The molecule has 130 valence electrons. The molecule has 0 saturated heterocycles. The largest absolute Gasteiger partial charge is 0.497 e. The number of hydrogen-bond donors (Lipinski definition) is 2. The molecule has 3 rings (SSSR count). The van der Waals surface area contributed by atoms with Crippen LogP contribution >= 0.6 is 23.2 Å². The lowest BCUT2D eigenvalue weighted by atomic mass is 10.2. The molecule has 1 aromatic heterocycles. The van der Waals surface area contributed by atoms with Gasteiger partial charge in [0, 0.05) is 21.8 Å². The summed E-state index contributed by atoms with van der Waals surface area (Å²) < 4.78 is 6.51. The van der Waals surface area contributed by atoms with Gasteiger partial charge in [-0.25, -0.2) is 9.48 Å². The molecule has 8 heteroatoms. The van der Waals surface area contributed by atoms with Gasteiger partial charge in [-0.3, -0.25) is 4.98 Å². The molecule has 0 radical (unpaired) electrons. The van der Waals surface area contributed by atoms with Gasteiger partial charge in [-0.1, -0.05) is 35.3 Å². The number of benzene rings is 2. The zero-order valence-electron chi connectivity index (χ0n) is 13.4. The summed E-state index contributed by atoms with van der Waals surface area (Å²) in [5.41, 5.74) is 1.34. The Hall–Kier alpha value is -2.44. The molecule has 0 atom stereocenters. The van der Waals surface area contributed by atoms with Crippen LogP contribution in [0.1, 0.15) is 11.4 Å².